The largest absolute Gasteiger partial charge is 0.309 e. The van der Waals surface area contributed by atoms with E-state index in [0.29, 0.717) is 5.56 Å². The molecule has 4 heteroatoms. The van der Waals surface area contributed by atoms with Crippen molar-refractivity contribution >= 4 is 22.6 Å². The fraction of sp³-hybridized carbons (Fsp3) is 0.250. The van der Waals surface area contributed by atoms with Gasteiger partial charge >= 0.3 is 0 Å². The van der Waals surface area contributed by atoms with Crippen molar-refractivity contribution in [2.45, 2.75) is 19.9 Å². The molecule has 0 bridgehead atoms. The third kappa shape index (κ3) is 2.72. The molecule has 0 radical (unpaired) electrons. The molecule has 1 N–H and O–H groups in total. The molecule has 0 saturated heterocycles. The van der Waals surface area contributed by atoms with Crippen LogP contribution in [0, 0.1) is 29.1 Å². The zero-order chi connectivity index (χ0) is 14.9. The molecule has 0 saturated carbocycles. The summed E-state index contributed by atoms with van der Waals surface area (Å²) in [5.41, 5.74) is 2.51. The molecule has 0 aliphatic carbocycles. The van der Waals surface area contributed by atoms with E-state index in [0.717, 1.165) is 14.7 Å². The number of aryl methyl sites for hydroxylation is 2. The Hall–Kier alpha value is -1.01. The average molecular weight is 387 g/mol. The number of rotatable bonds is 3. The van der Waals surface area contributed by atoms with Crippen LogP contribution < -0.4 is 5.32 Å². The van der Waals surface area contributed by atoms with Crippen LogP contribution in [-0.2, 0) is 0 Å². The number of nitrogens with one attached hydrogen (secondary N) is 1. The summed E-state index contributed by atoms with van der Waals surface area (Å²) in [5, 5.41) is 3.03. The minimum absolute atomic E-state index is 0.0796. The molecule has 20 heavy (non-hydrogen) atoms. The predicted molar refractivity (Wildman–Crippen MR) is 85.9 cm³/mol. The Morgan fingerprint density at radius 2 is 1.75 bits per heavy atom. The first-order valence-corrected chi connectivity index (χ1v) is 7.42. The van der Waals surface area contributed by atoms with Gasteiger partial charge in [-0.1, -0.05) is 24.3 Å². The van der Waals surface area contributed by atoms with Crippen LogP contribution in [0.1, 0.15) is 28.3 Å². The summed E-state index contributed by atoms with van der Waals surface area (Å²) < 4.78 is 29.5. The van der Waals surface area contributed by atoms with Gasteiger partial charge in [0.15, 0.2) is 0 Å². The molecular weight excluding hydrogens is 371 g/mol. The summed E-state index contributed by atoms with van der Waals surface area (Å²) >= 11 is 2.22. The smallest absolute Gasteiger partial charge is 0.134 e. The van der Waals surface area contributed by atoms with Crippen molar-refractivity contribution in [3.8, 4) is 0 Å². The Morgan fingerprint density at radius 3 is 2.40 bits per heavy atom. The number of hydrogen-bond acceptors (Lipinski definition) is 1. The minimum atomic E-state index is -0.523. The van der Waals surface area contributed by atoms with Crippen molar-refractivity contribution in [1.29, 1.82) is 0 Å². The molecule has 1 nitrogen and oxygen atoms in total. The third-order valence-corrected chi connectivity index (χ3v) is 4.90. The highest BCUT2D eigenvalue weighted by Gasteiger charge is 2.23. The van der Waals surface area contributed by atoms with Gasteiger partial charge in [-0.2, -0.15) is 0 Å². The van der Waals surface area contributed by atoms with Crippen molar-refractivity contribution in [3.63, 3.8) is 0 Å². The first-order valence-electron chi connectivity index (χ1n) is 6.34. The van der Waals surface area contributed by atoms with Crippen LogP contribution in [0.3, 0.4) is 0 Å². The molecule has 0 fully saturated rings. The lowest BCUT2D eigenvalue weighted by atomic mass is 9.95. The van der Waals surface area contributed by atoms with Crippen molar-refractivity contribution in [2.24, 2.45) is 0 Å². The quantitative estimate of drug-likeness (QED) is 0.766. The second-order valence-corrected chi connectivity index (χ2v) is 5.87. The van der Waals surface area contributed by atoms with E-state index in [-0.39, 0.29) is 5.56 Å². The van der Waals surface area contributed by atoms with Crippen molar-refractivity contribution < 1.29 is 8.78 Å². The minimum Gasteiger partial charge on any atom is -0.309 e. The van der Waals surface area contributed by atoms with Gasteiger partial charge in [0.25, 0.3) is 0 Å². The molecule has 0 aliphatic heterocycles. The van der Waals surface area contributed by atoms with Gasteiger partial charge in [-0.15, -0.1) is 0 Å². The molecule has 0 aliphatic rings. The van der Waals surface area contributed by atoms with Crippen molar-refractivity contribution in [3.05, 3.63) is 67.8 Å². The maximum absolute atomic E-state index is 14.3. The maximum atomic E-state index is 14.3. The van der Waals surface area contributed by atoms with Gasteiger partial charge in [0, 0.05) is 9.13 Å². The molecule has 1 atom stereocenters. The van der Waals surface area contributed by atoms with Crippen LogP contribution in [0.15, 0.2) is 30.3 Å². The lowest BCUT2D eigenvalue weighted by molar-refractivity contribution is 0.517. The predicted octanol–water partition coefficient (Wildman–Crippen LogP) is 4.50. The first-order chi connectivity index (χ1) is 9.47. The van der Waals surface area contributed by atoms with Gasteiger partial charge < -0.3 is 5.32 Å². The molecule has 0 heterocycles. The van der Waals surface area contributed by atoms with E-state index in [1.54, 1.807) is 14.0 Å². The second-order valence-electron chi connectivity index (χ2n) is 4.79. The SMILES string of the molecule is CNC(c1cccc(C)c1I)c1c(F)ccc(C)c1F. The summed E-state index contributed by atoms with van der Waals surface area (Å²) in [4.78, 5) is 0. The highest BCUT2D eigenvalue weighted by molar-refractivity contribution is 14.1. The molecule has 0 aromatic heterocycles. The van der Waals surface area contributed by atoms with Gasteiger partial charge in [0.1, 0.15) is 11.6 Å². The van der Waals surface area contributed by atoms with Gasteiger partial charge in [-0.25, -0.2) is 8.78 Å². The Kier molecular flexibility index (Phi) is 4.75. The molecule has 1 unspecified atom stereocenters. The Bertz CT molecular complexity index is 641. The highest BCUT2D eigenvalue weighted by Crippen LogP contribution is 2.31. The summed E-state index contributed by atoms with van der Waals surface area (Å²) in [6.07, 6.45) is 0. The molecule has 0 spiro atoms. The monoisotopic (exact) mass is 387 g/mol. The van der Waals surface area contributed by atoms with Gasteiger partial charge in [0.05, 0.1) is 6.04 Å². The summed E-state index contributed by atoms with van der Waals surface area (Å²) in [5.74, 6) is -1.01. The lowest BCUT2D eigenvalue weighted by Crippen LogP contribution is -2.22. The average Bonchev–Trinajstić information content (AvgIpc) is 2.43. The van der Waals surface area contributed by atoms with Crippen molar-refractivity contribution in [2.75, 3.05) is 7.05 Å². The van der Waals surface area contributed by atoms with E-state index >= 15 is 0 Å². The second kappa shape index (κ2) is 6.18. The maximum Gasteiger partial charge on any atom is 0.134 e. The lowest BCUT2D eigenvalue weighted by Gasteiger charge is -2.21. The Morgan fingerprint density at radius 1 is 1.05 bits per heavy atom. The summed E-state index contributed by atoms with van der Waals surface area (Å²) in [6.45, 7) is 3.63. The normalized spacial score (nSPS) is 12.5. The Labute approximate surface area is 131 Å². The zero-order valence-corrected chi connectivity index (χ0v) is 13.8. The van der Waals surface area contributed by atoms with Crippen molar-refractivity contribution in [1.82, 2.24) is 5.32 Å². The number of benzene rings is 2. The molecule has 106 valence electrons. The van der Waals surface area contributed by atoms with Crippen LogP contribution in [0.25, 0.3) is 0 Å². The zero-order valence-electron chi connectivity index (χ0n) is 11.6. The molecule has 2 aromatic carbocycles. The van der Waals surface area contributed by atoms with E-state index < -0.39 is 17.7 Å². The molecule has 0 amide bonds. The fourth-order valence-corrected chi connectivity index (χ4v) is 2.96. The third-order valence-electron chi connectivity index (χ3n) is 3.43. The molecule has 2 rings (SSSR count). The standard InChI is InChI=1S/C16H16F2IN/c1-9-7-8-12(17)13(14(9)18)16(20-3)11-6-4-5-10(2)15(11)19/h4-8,16,20H,1-3H3. The van der Waals surface area contributed by atoms with E-state index in [2.05, 4.69) is 27.9 Å². The highest BCUT2D eigenvalue weighted by atomic mass is 127. The fourth-order valence-electron chi connectivity index (χ4n) is 2.29. The van der Waals surface area contributed by atoms with E-state index in [4.69, 9.17) is 0 Å². The van der Waals surface area contributed by atoms with Gasteiger partial charge in [-0.3, -0.25) is 0 Å². The number of hydrogen-bond donors (Lipinski definition) is 1. The first kappa shape index (κ1) is 15.4. The molecule has 2 aromatic rings. The summed E-state index contributed by atoms with van der Waals surface area (Å²) in [7, 11) is 1.71. The number of halogens is 3. The van der Waals surface area contributed by atoms with E-state index in [1.165, 1.54) is 12.1 Å². The van der Waals surface area contributed by atoms with Crippen LogP contribution >= 0.6 is 22.6 Å². The van der Waals surface area contributed by atoms with Crippen LogP contribution in [0.4, 0.5) is 8.78 Å². The molecular formula is C16H16F2IN. The van der Waals surface area contributed by atoms with Crippen LogP contribution in [0.5, 0.6) is 0 Å². The van der Waals surface area contributed by atoms with Gasteiger partial charge in [-0.05, 0) is 66.2 Å². The topological polar surface area (TPSA) is 12.0 Å². The van der Waals surface area contributed by atoms with Crippen LogP contribution in [-0.4, -0.2) is 7.05 Å². The van der Waals surface area contributed by atoms with E-state index in [9.17, 15) is 8.78 Å². The van der Waals surface area contributed by atoms with Crippen LogP contribution in [0.2, 0.25) is 0 Å². The van der Waals surface area contributed by atoms with E-state index in [1.807, 2.05) is 25.1 Å². The Balaban J connectivity index is 2.65. The van der Waals surface area contributed by atoms with Gasteiger partial charge in [0.2, 0.25) is 0 Å². The summed E-state index contributed by atoms with van der Waals surface area (Å²) in [6, 6.07) is 8.07.